The molecule has 4 aromatic rings. The summed E-state index contributed by atoms with van der Waals surface area (Å²) in [5, 5.41) is 36.5. The van der Waals surface area contributed by atoms with Crippen LogP contribution < -0.4 is 10.4 Å². The molecular formula is C31H36N4O9. The average Bonchev–Trinajstić information content (AvgIpc) is 3.47. The first kappa shape index (κ1) is 31.1. The summed E-state index contributed by atoms with van der Waals surface area (Å²) in [6.07, 6.45) is 3.06. The second-order valence-corrected chi connectivity index (χ2v) is 11.1. The molecule has 0 spiro atoms. The Kier molecular flexibility index (Phi) is 9.02. The molecule has 0 aliphatic carbocycles. The molecule has 0 unspecified atom stereocenters. The molecule has 3 N–H and O–H groups in total. The normalized spacial score (nSPS) is 21.8. The smallest absolute Gasteiger partial charge is 0.349 e. The predicted molar refractivity (Wildman–Crippen MR) is 160 cm³/mol. The van der Waals surface area contributed by atoms with Crippen LogP contribution in [0.3, 0.4) is 0 Å². The topological polar surface area (TPSA) is 171 Å². The van der Waals surface area contributed by atoms with Crippen molar-refractivity contribution in [1.82, 2.24) is 14.5 Å². The lowest BCUT2D eigenvalue weighted by Gasteiger charge is -2.46. The van der Waals surface area contributed by atoms with Crippen molar-refractivity contribution in [3.05, 3.63) is 70.7 Å². The number of imidazole rings is 1. The lowest BCUT2D eigenvalue weighted by atomic mass is 9.89. The van der Waals surface area contributed by atoms with E-state index in [1.165, 1.54) is 13.2 Å². The summed E-state index contributed by atoms with van der Waals surface area (Å²) in [6.45, 7) is 7.51. The summed E-state index contributed by atoms with van der Waals surface area (Å²) in [5.41, 5.74) is 0.479. The summed E-state index contributed by atoms with van der Waals surface area (Å²) in [4.78, 5) is 26.9. The molecule has 13 nitrogen and oxygen atoms in total. The van der Waals surface area contributed by atoms with E-state index in [-0.39, 0.29) is 40.4 Å². The van der Waals surface area contributed by atoms with E-state index < -0.39 is 35.8 Å². The van der Waals surface area contributed by atoms with Crippen molar-refractivity contribution in [2.45, 2.75) is 70.9 Å². The van der Waals surface area contributed by atoms with Gasteiger partial charge in [0.1, 0.15) is 47.6 Å². The Bertz CT molecular complexity index is 1700. The summed E-state index contributed by atoms with van der Waals surface area (Å²) in [5.74, 6) is -0.0829. The van der Waals surface area contributed by atoms with E-state index in [9.17, 15) is 20.1 Å². The number of nitrogens with zero attached hydrogens (tertiary/aromatic N) is 4. The fraction of sp³-hybridized carbons (Fsp3) is 0.419. The Labute approximate surface area is 253 Å². The quantitative estimate of drug-likeness (QED) is 0.105. The number of fused-ring (bicyclic) bond motifs is 1. The lowest BCUT2D eigenvalue weighted by Crippen LogP contribution is -2.63. The molecule has 0 saturated carbocycles. The molecule has 13 heteroatoms. The van der Waals surface area contributed by atoms with Gasteiger partial charge in [-0.1, -0.05) is 5.16 Å². The number of hydrogen-bond acceptors (Lipinski definition) is 12. The van der Waals surface area contributed by atoms with Crippen LogP contribution in [-0.4, -0.2) is 79.5 Å². The standard InChI is InChI=1S/C31H36N4O9/c1-17-22(42-30-26(38)25(37)28(40-5)31(3,4)44-30)10-9-20-24(36)23(29(39)43-27(17)20)18(2)34-41-13-7-12-35-15-21(33-16-35)19-8-6-11-32-14-19/h6,8-11,14-16,25-26,28,30,36-38H,7,12-13H2,1-5H3/t25-,26-,28-,30-/m1/s1. The zero-order valence-corrected chi connectivity index (χ0v) is 25.1. The third-order valence-corrected chi connectivity index (χ3v) is 7.59. The van der Waals surface area contributed by atoms with Crippen molar-refractivity contribution >= 4 is 16.7 Å². The van der Waals surface area contributed by atoms with Gasteiger partial charge in [-0.15, -0.1) is 0 Å². The molecule has 1 aromatic carbocycles. The van der Waals surface area contributed by atoms with Crippen LogP contribution in [0.25, 0.3) is 22.2 Å². The fourth-order valence-electron chi connectivity index (χ4n) is 5.29. The van der Waals surface area contributed by atoms with E-state index in [1.54, 1.807) is 52.5 Å². The van der Waals surface area contributed by atoms with Crippen LogP contribution >= 0.6 is 0 Å². The minimum atomic E-state index is -1.41. The highest BCUT2D eigenvalue weighted by atomic mass is 16.7. The Morgan fingerprint density at radius 1 is 1.20 bits per heavy atom. The summed E-state index contributed by atoms with van der Waals surface area (Å²) in [7, 11) is 1.42. The summed E-state index contributed by atoms with van der Waals surface area (Å²) < 4.78 is 24.6. The molecule has 1 aliphatic heterocycles. The number of ether oxygens (including phenoxy) is 3. The molecular weight excluding hydrogens is 572 g/mol. The van der Waals surface area contributed by atoms with Crippen molar-refractivity contribution in [3.63, 3.8) is 0 Å². The van der Waals surface area contributed by atoms with Gasteiger partial charge in [0.15, 0.2) is 0 Å². The second-order valence-electron chi connectivity index (χ2n) is 11.1. The van der Waals surface area contributed by atoms with Crippen LogP contribution in [0.15, 0.2) is 63.6 Å². The minimum Gasteiger partial charge on any atom is -0.506 e. The predicted octanol–water partition coefficient (Wildman–Crippen LogP) is 3.15. The Balaban J connectivity index is 1.26. The highest BCUT2D eigenvalue weighted by molar-refractivity contribution is 6.04. The van der Waals surface area contributed by atoms with Gasteiger partial charge in [-0.05, 0) is 52.0 Å². The lowest BCUT2D eigenvalue weighted by molar-refractivity contribution is -0.306. The van der Waals surface area contributed by atoms with E-state index in [0.717, 1.165) is 11.3 Å². The summed E-state index contributed by atoms with van der Waals surface area (Å²) >= 11 is 0. The van der Waals surface area contributed by atoms with Gasteiger partial charge >= 0.3 is 5.63 Å². The Hall–Kier alpha value is -4.30. The van der Waals surface area contributed by atoms with Crippen LogP contribution in [0.1, 0.15) is 38.3 Å². The minimum absolute atomic E-state index is 0.0910. The number of aliphatic hydroxyl groups excluding tert-OH is 2. The van der Waals surface area contributed by atoms with Crippen molar-refractivity contribution in [2.24, 2.45) is 5.16 Å². The molecule has 0 amide bonds. The molecule has 234 valence electrons. The molecule has 0 bridgehead atoms. The zero-order valence-electron chi connectivity index (χ0n) is 25.1. The van der Waals surface area contributed by atoms with Crippen molar-refractivity contribution in [1.29, 1.82) is 0 Å². The van der Waals surface area contributed by atoms with Crippen LogP contribution in [0.5, 0.6) is 11.5 Å². The number of hydrogen-bond donors (Lipinski definition) is 3. The SMILES string of the molecule is CO[C@@H]1[C@H](O)[C@@H](O)[C@H](Oc2ccc3c(O)c(C(C)=NOCCCn4cnc(-c5cccnc5)c4)c(=O)oc3c2C)OC1(C)C. The molecule has 1 saturated heterocycles. The van der Waals surface area contributed by atoms with Crippen LogP contribution in [0, 0.1) is 6.92 Å². The number of methoxy groups -OCH3 is 1. The van der Waals surface area contributed by atoms with E-state index in [0.29, 0.717) is 18.5 Å². The maximum Gasteiger partial charge on any atom is 0.349 e. The van der Waals surface area contributed by atoms with E-state index in [2.05, 4.69) is 15.1 Å². The largest absolute Gasteiger partial charge is 0.506 e. The zero-order chi connectivity index (χ0) is 31.6. The molecule has 4 heterocycles. The number of benzene rings is 1. The molecule has 44 heavy (non-hydrogen) atoms. The summed E-state index contributed by atoms with van der Waals surface area (Å²) in [6, 6.07) is 6.87. The Morgan fingerprint density at radius 2 is 2.00 bits per heavy atom. The average molecular weight is 609 g/mol. The van der Waals surface area contributed by atoms with Gasteiger partial charge in [-0.2, -0.15) is 0 Å². The van der Waals surface area contributed by atoms with Crippen LogP contribution in [0.4, 0.5) is 0 Å². The third-order valence-electron chi connectivity index (χ3n) is 7.59. The van der Waals surface area contributed by atoms with Gasteiger partial charge in [0.2, 0.25) is 6.29 Å². The fourth-order valence-corrected chi connectivity index (χ4v) is 5.29. The van der Waals surface area contributed by atoms with Gasteiger partial charge < -0.3 is 43.4 Å². The molecule has 4 atom stereocenters. The number of pyridine rings is 1. The van der Waals surface area contributed by atoms with E-state index in [4.69, 9.17) is 23.5 Å². The third kappa shape index (κ3) is 6.17. The molecule has 5 rings (SSSR count). The first-order valence-electron chi connectivity index (χ1n) is 14.1. The number of aromatic hydroxyl groups is 1. The van der Waals surface area contributed by atoms with Gasteiger partial charge in [-0.25, -0.2) is 9.78 Å². The Morgan fingerprint density at radius 3 is 2.73 bits per heavy atom. The van der Waals surface area contributed by atoms with E-state index in [1.807, 2.05) is 22.9 Å². The maximum absolute atomic E-state index is 13.0. The van der Waals surface area contributed by atoms with Gasteiger partial charge in [0.25, 0.3) is 0 Å². The van der Waals surface area contributed by atoms with Gasteiger partial charge in [0, 0.05) is 49.8 Å². The highest BCUT2D eigenvalue weighted by Crippen LogP contribution is 2.37. The van der Waals surface area contributed by atoms with Gasteiger partial charge in [0.05, 0.1) is 28.7 Å². The van der Waals surface area contributed by atoms with Crippen molar-refractivity contribution in [3.8, 4) is 22.8 Å². The maximum atomic E-state index is 13.0. The highest BCUT2D eigenvalue weighted by Gasteiger charge is 2.50. The number of oxime groups is 1. The second kappa shape index (κ2) is 12.7. The van der Waals surface area contributed by atoms with Crippen LogP contribution in [-0.2, 0) is 20.9 Å². The first-order valence-corrected chi connectivity index (χ1v) is 14.1. The number of aliphatic hydroxyl groups is 2. The molecule has 1 fully saturated rings. The number of aryl methyl sites for hydroxylation is 2. The van der Waals surface area contributed by atoms with Gasteiger partial charge in [-0.3, -0.25) is 4.98 Å². The molecule has 0 radical (unpaired) electrons. The van der Waals surface area contributed by atoms with Crippen molar-refractivity contribution < 1.29 is 38.8 Å². The number of rotatable bonds is 10. The monoisotopic (exact) mass is 608 g/mol. The van der Waals surface area contributed by atoms with Crippen LogP contribution in [0.2, 0.25) is 0 Å². The number of aromatic nitrogens is 3. The molecule has 3 aromatic heterocycles. The first-order chi connectivity index (χ1) is 21.0. The molecule has 1 aliphatic rings. The van der Waals surface area contributed by atoms with E-state index >= 15 is 0 Å². The van der Waals surface area contributed by atoms with Crippen molar-refractivity contribution in [2.75, 3.05) is 13.7 Å².